The zero-order chi connectivity index (χ0) is 10.7. The van der Waals surface area contributed by atoms with Crippen LogP contribution in [0.2, 0.25) is 5.02 Å². The van der Waals surface area contributed by atoms with Gasteiger partial charge in [0.1, 0.15) is 5.82 Å². The van der Waals surface area contributed by atoms with E-state index in [-0.39, 0.29) is 11.9 Å². The first-order chi connectivity index (χ1) is 7.25. The van der Waals surface area contributed by atoms with Gasteiger partial charge in [0.05, 0.1) is 12.7 Å². The average Bonchev–Trinajstić information content (AvgIpc) is 2.72. The summed E-state index contributed by atoms with van der Waals surface area (Å²) < 4.78 is 18.9. The van der Waals surface area contributed by atoms with Gasteiger partial charge in [-0.1, -0.05) is 11.6 Å². The molecule has 1 atom stereocenters. The second-order valence-corrected chi connectivity index (χ2v) is 4.10. The monoisotopic (exact) mass is 229 g/mol. The summed E-state index contributed by atoms with van der Waals surface area (Å²) in [5.74, 6) is -0.259. The maximum absolute atomic E-state index is 13.3. The van der Waals surface area contributed by atoms with Crippen molar-refractivity contribution in [3.63, 3.8) is 0 Å². The van der Waals surface area contributed by atoms with E-state index in [2.05, 4.69) is 5.32 Å². The molecule has 1 aromatic rings. The van der Waals surface area contributed by atoms with Crippen molar-refractivity contribution < 1.29 is 9.13 Å². The van der Waals surface area contributed by atoms with E-state index in [1.807, 2.05) is 0 Å². The molecule has 0 aliphatic carbocycles. The third-order valence-electron chi connectivity index (χ3n) is 2.50. The standard InChI is InChI=1S/C11H13ClFNO/c12-9-1-2-11(13)8(5-9)7-15-10-3-4-14-6-10/h1-2,5,10,14H,3-4,6-7H2. The van der Waals surface area contributed by atoms with Crippen LogP contribution in [0.1, 0.15) is 12.0 Å². The summed E-state index contributed by atoms with van der Waals surface area (Å²) in [5.41, 5.74) is 0.523. The molecule has 0 spiro atoms. The van der Waals surface area contributed by atoms with Crippen molar-refractivity contribution in [1.82, 2.24) is 5.32 Å². The quantitative estimate of drug-likeness (QED) is 0.859. The van der Waals surface area contributed by atoms with Gasteiger partial charge in [-0.3, -0.25) is 0 Å². The van der Waals surface area contributed by atoms with Gasteiger partial charge in [-0.15, -0.1) is 0 Å². The molecule has 1 heterocycles. The third-order valence-corrected chi connectivity index (χ3v) is 2.73. The molecule has 0 amide bonds. The lowest BCUT2D eigenvalue weighted by Gasteiger charge is -2.11. The van der Waals surface area contributed by atoms with Gasteiger partial charge < -0.3 is 10.1 Å². The number of benzene rings is 1. The first kappa shape index (κ1) is 10.9. The predicted molar refractivity (Wildman–Crippen MR) is 57.5 cm³/mol. The zero-order valence-electron chi connectivity index (χ0n) is 8.30. The lowest BCUT2D eigenvalue weighted by Crippen LogP contribution is -2.16. The molecule has 15 heavy (non-hydrogen) atoms. The number of hydrogen-bond acceptors (Lipinski definition) is 2. The van der Waals surface area contributed by atoms with Crippen LogP contribution in [-0.4, -0.2) is 19.2 Å². The fraction of sp³-hybridized carbons (Fsp3) is 0.455. The van der Waals surface area contributed by atoms with Crippen molar-refractivity contribution in [2.24, 2.45) is 0 Å². The van der Waals surface area contributed by atoms with Crippen LogP contribution in [0.25, 0.3) is 0 Å². The van der Waals surface area contributed by atoms with Crippen LogP contribution in [0.4, 0.5) is 4.39 Å². The molecule has 1 N–H and O–H groups in total. The smallest absolute Gasteiger partial charge is 0.128 e. The largest absolute Gasteiger partial charge is 0.372 e. The van der Waals surface area contributed by atoms with Crippen LogP contribution in [0, 0.1) is 5.82 Å². The molecule has 82 valence electrons. The maximum Gasteiger partial charge on any atom is 0.128 e. The van der Waals surface area contributed by atoms with Gasteiger partial charge in [0.25, 0.3) is 0 Å². The van der Waals surface area contributed by atoms with Crippen LogP contribution in [0.3, 0.4) is 0 Å². The molecular weight excluding hydrogens is 217 g/mol. The Balaban J connectivity index is 1.94. The summed E-state index contributed by atoms with van der Waals surface area (Å²) in [6.07, 6.45) is 1.19. The molecule has 0 aromatic heterocycles. The number of ether oxygens (including phenoxy) is 1. The van der Waals surface area contributed by atoms with E-state index < -0.39 is 0 Å². The first-order valence-corrected chi connectivity index (χ1v) is 5.40. The number of nitrogens with one attached hydrogen (secondary N) is 1. The van der Waals surface area contributed by atoms with Crippen LogP contribution in [-0.2, 0) is 11.3 Å². The van der Waals surface area contributed by atoms with E-state index in [1.165, 1.54) is 12.1 Å². The predicted octanol–water partition coefficient (Wildman–Crippen LogP) is 2.36. The molecule has 0 radical (unpaired) electrons. The highest BCUT2D eigenvalue weighted by Gasteiger charge is 2.15. The van der Waals surface area contributed by atoms with Gasteiger partial charge in [0, 0.05) is 17.1 Å². The van der Waals surface area contributed by atoms with Gasteiger partial charge in [-0.25, -0.2) is 4.39 Å². The van der Waals surface area contributed by atoms with E-state index in [9.17, 15) is 4.39 Å². The highest BCUT2D eigenvalue weighted by molar-refractivity contribution is 6.30. The van der Waals surface area contributed by atoms with E-state index >= 15 is 0 Å². The molecule has 2 rings (SSSR count). The van der Waals surface area contributed by atoms with Gasteiger partial charge in [0.2, 0.25) is 0 Å². The Labute approximate surface area is 93.4 Å². The fourth-order valence-corrected chi connectivity index (χ4v) is 1.83. The van der Waals surface area contributed by atoms with Gasteiger partial charge in [-0.2, -0.15) is 0 Å². The number of hydrogen-bond donors (Lipinski definition) is 1. The van der Waals surface area contributed by atoms with Crippen LogP contribution < -0.4 is 5.32 Å². The lowest BCUT2D eigenvalue weighted by molar-refractivity contribution is 0.0525. The van der Waals surface area contributed by atoms with Gasteiger partial charge in [-0.05, 0) is 31.2 Å². The molecule has 0 bridgehead atoms. The normalized spacial score (nSPS) is 20.8. The van der Waals surface area contributed by atoms with E-state index in [1.54, 1.807) is 6.07 Å². The minimum atomic E-state index is -0.259. The van der Waals surface area contributed by atoms with Crippen molar-refractivity contribution in [1.29, 1.82) is 0 Å². The van der Waals surface area contributed by atoms with Gasteiger partial charge in [0.15, 0.2) is 0 Å². The summed E-state index contributed by atoms with van der Waals surface area (Å²) in [7, 11) is 0. The summed E-state index contributed by atoms with van der Waals surface area (Å²) >= 11 is 5.78. The Morgan fingerprint density at radius 3 is 3.13 bits per heavy atom. The topological polar surface area (TPSA) is 21.3 Å². The third kappa shape index (κ3) is 2.91. The van der Waals surface area contributed by atoms with Gasteiger partial charge >= 0.3 is 0 Å². The van der Waals surface area contributed by atoms with E-state index in [0.29, 0.717) is 17.2 Å². The molecule has 0 saturated carbocycles. The minimum Gasteiger partial charge on any atom is -0.372 e. The Morgan fingerprint density at radius 1 is 1.53 bits per heavy atom. The fourth-order valence-electron chi connectivity index (χ4n) is 1.63. The lowest BCUT2D eigenvalue weighted by atomic mass is 10.2. The second kappa shape index (κ2) is 4.92. The zero-order valence-corrected chi connectivity index (χ0v) is 9.06. The Kier molecular flexibility index (Phi) is 3.57. The number of rotatable bonds is 3. The highest BCUT2D eigenvalue weighted by atomic mass is 35.5. The summed E-state index contributed by atoms with van der Waals surface area (Å²) in [5, 5.41) is 3.73. The van der Waals surface area contributed by atoms with Crippen molar-refractivity contribution in [3.05, 3.63) is 34.6 Å². The first-order valence-electron chi connectivity index (χ1n) is 5.02. The minimum absolute atomic E-state index is 0.198. The molecule has 1 unspecified atom stereocenters. The molecular formula is C11H13ClFNO. The Morgan fingerprint density at radius 2 is 2.40 bits per heavy atom. The second-order valence-electron chi connectivity index (χ2n) is 3.66. The Hall–Kier alpha value is -0.640. The van der Waals surface area contributed by atoms with E-state index in [0.717, 1.165) is 19.5 Å². The molecule has 1 aliphatic heterocycles. The molecule has 1 aliphatic rings. The maximum atomic E-state index is 13.3. The van der Waals surface area contributed by atoms with Crippen molar-refractivity contribution in [3.8, 4) is 0 Å². The average molecular weight is 230 g/mol. The van der Waals surface area contributed by atoms with Crippen molar-refractivity contribution in [2.75, 3.05) is 13.1 Å². The molecule has 1 saturated heterocycles. The summed E-state index contributed by atoms with van der Waals surface area (Å²) in [6.45, 7) is 2.11. The Bertz CT molecular complexity index is 339. The van der Waals surface area contributed by atoms with E-state index in [4.69, 9.17) is 16.3 Å². The van der Waals surface area contributed by atoms with Crippen LogP contribution >= 0.6 is 11.6 Å². The highest BCUT2D eigenvalue weighted by Crippen LogP contribution is 2.17. The van der Waals surface area contributed by atoms with Crippen LogP contribution in [0.15, 0.2) is 18.2 Å². The molecule has 1 fully saturated rings. The molecule has 4 heteroatoms. The SMILES string of the molecule is Fc1ccc(Cl)cc1COC1CCNC1. The summed E-state index contributed by atoms with van der Waals surface area (Å²) in [4.78, 5) is 0. The van der Waals surface area contributed by atoms with Crippen molar-refractivity contribution >= 4 is 11.6 Å². The summed E-state index contributed by atoms with van der Waals surface area (Å²) in [6, 6.07) is 4.52. The number of halogens is 2. The molecule has 2 nitrogen and oxygen atoms in total. The molecule has 1 aromatic carbocycles. The van der Waals surface area contributed by atoms with Crippen molar-refractivity contribution in [2.45, 2.75) is 19.1 Å². The van der Waals surface area contributed by atoms with Crippen LogP contribution in [0.5, 0.6) is 0 Å².